The average molecular weight is 2020 g/mol. The zero-order valence-corrected chi connectivity index (χ0v) is 88.3. The molecule has 14 N–H and O–H groups in total. The van der Waals surface area contributed by atoms with E-state index in [1.165, 1.54) is 33.1 Å². The number of rotatable bonds is 73. The highest BCUT2D eigenvalue weighted by molar-refractivity contribution is 6.01. The molecule has 0 bridgehead atoms. The minimum Gasteiger partial charge on any atom is -0.386 e. The second-order valence-electron chi connectivity index (χ2n) is 38.7. The van der Waals surface area contributed by atoms with Crippen LogP contribution in [0.4, 0.5) is 4.79 Å². The fourth-order valence-electron chi connectivity index (χ4n) is 16.8. The molecule has 15 atom stereocenters. The van der Waals surface area contributed by atoms with Crippen molar-refractivity contribution >= 4 is 71.0 Å². The number of hydrazine groups is 1. The van der Waals surface area contributed by atoms with Gasteiger partial charge in [0.2, 0.25) is 65.0 Å². The summed E-state index contributed by atoms with van der Waals surface area (Å²) in [5, 5.41) is 39.3. The van der Waals surface area contributed by atoms with Gasteiger partial charge in [-0.25, -0.2) is 4.79 Å². The highest BCUT2D eigenvalue weighted by atomic mass is 16.6. The number of carbonyl (C=O) groups is 12. The standard InChI is InChI=1S/C101H176N16O25/c1-19-72(8)92(82(131-17)66-87(122)116-48-33-40-80(116)94(132-18)73(9)95(124)107-74(10)93(123)76-34-25-23-26-35-76)114(12)100(129)89(70(4)5)111-99(128)91(71(6)7)115(13)101(130)112-96(125)75(11)108-98(127)88(69(2)3)110-97(126)79(109-84(119)43-51-134-55-59-138-63-65-140-61-57-136-53-47-106-85(120)67-141-77-36-27-21-20-22-28-37-77)39-31-32-44-104-86(121)68-142-81-41-30-24-29-38-78(90(81)113-102)103-46-52-135-56-60-139-64-62-137-58-54-133-50-42-83(118)105-45-49-117(14,15)16/h23,25-26,34-35,69-75,77,79-82,88-89,91-94,103,113,123H,19-22,24,27,29-33,36,38-68,102H2,1-18H3,(H8-,104,105,106,107,108,109,110,111,112,118,119,120,121,124,125,126,127,128,130)/p+1/b90-78-/t72-,73+,74+,75-,77?,79+,80-,81?,82+,88-,89-,91-,92-,93+,94+/m0/s1. The molecule has 0 spiro atoms. The summed E-state index contributed by atoms with van der Waals surface area (Å²) in [5.41, 5.74) is 4.97. The molecule has 2 aliphatic carbocycles. The van der Waals surface area contributed by atoms with Crippen LogP contribution in [0.2, 0.25) is 0 Å². The Kier molecular flexibility index (Phi) is 63.3. The van der Waals surface area contributed by atoms with Gasteiger partial charge in [0.15, 0.2) is 0 Å². The number of likely N-dealkylation sites (N-methyl/N-ethyl adjacent to an activating group) is 3. The number of nitrogens with zero attached hydrogens (tertiary/aromatic N) is 4. The number of unbranched alkanes of at least 4 members (excludes halogenated alkanes) is 1. The number of aliphatic hydroxyl groups is 1. The molecule has 0 saturated carbocycles. The lowest BCUT2D eigenvalue weighted by atomic mass is 9.89. The molecule has 41 nitrogen and oxygen atoms in total. The van der Waals surface area contributed by atoms with E-state index in [1.807, 2.05) is 32.0 Å². The van der Waals surface area contributed by atoms with Gasteiger partial charge in [-0.2, -0.15) is 0 Å². The van der Waals surface area contributed by atoms with Gasteiger partial charge in [0.05, 0.1) is 194 Å². The maximum Gasteiger partial charge on any atom is 0.324 e. The SMILES string of the molecule is CC[C@H](C)[C@@H]([C@@H](CC(=O)N1CCC[C@H]1[C@H](OC)[C@@H](C)C(=O)N[C@H](C)[C@@H](O)c1ccccc1)OC)N(C)C(=O)[C@@H](NC(=O)[C@H](C(C)C)N(C)C(=O)NC(=O)[C@H](C)NC(=O)[C@@H](NC(=O)[C@@H](CCCCNC(=O)COC1CCCCC/C(NCCOCCOCCOCCOCCC(=O)NCC[N+](C)(C)C)=C\1NN)NC(=O)CCOCCOCCOCCOCCNC(=O)COC1C#CCCCCC1)C(C)C)C(C)C. The van der Waals surface area contributed by atoms with Crippen molar-refractivity contribution in [2.24, 2.45) is 35.4 Å². The summed E-state index contributed by atoms with van der Waals surface area (Å²) in [7, 11) is 12.1. The van der Waals surface area contributed by atoms with Gasteiger partial charge in [0.25, 0.3) is 0 Å². The Morgan fingerprint density at radius 2 is 1.10 bits per heavy atom. The maximum atomic E-state index is 15.0. The quantitative estimate of drug-likeness (QED) is 0.0145. The summed E-state index contributed by atoms with van der Waals surface area (Å²) in [5.74, 6) is 4.19. The number of urea groups is 1. The summed E-state index contributed by atoms with van der Waals surface area (Å²) in [4.78, 5) is 171. The largest absolute Gasteiger partial charge is 0.386 e. The maximum absolute atomic E-state index is 15.0. The predicted octanol–water partition coefficient (Wildman–Crippen LogP) is 3.71. The van der Waals surface area contributed by atoms with Crippen molar-refractivity contribution < 1.29 is 124 Å². The van der Waals surface area contributed by atoms with Crippen LogP contribution >= 0.6 is 0 Å². The lowest BCUT2D eigenvalue weighted by molar-refractivity contribution is -0.869. The van der Waals surface area contributed by atoms with Gasteiger partial charge in [-0.3, -0.25) is 63.9 Å². The number of benzene rings is 1. The van der Waals surface area contributed by atoms with Gasteiger partial charge in [-0.15, -0.1) is 5.92 Å². The number of imide groups is 1. The second-order valence-corrected chi connectivity index (χ2v) is 38.7. The van der Waals surface area contributed by atoms with Gasteiger partial charge in [0, 0.05) is 79.5 Å². The Hall–Kier alpha value is -8.84. The Balaban J connectivity index is 1.34. The molecular weight excluding hydrogens is 1840 g/mol. The van der Waals surface area contributed by atoms with Crippen molar-refractivity contribution in [2.45, 2.75) is 277 Å². The summed E-state index contributed by atoms with van der Waals surface area (Å²) < 4.78 is 69.9. The predicted molar refractivity (Wildman–Crippen MR) is 535 cm³/mol. The number of likely N-dealkylation sites (tertiary alicyclic amines) is 1. The molecule has 810 valence electrons. The molecule has 0 aromatic heterocycles. The first-order valence-corrected chi connectivity index (χ1v) is 51.2. The first-order chi connectivity index (χ1) is 67.9. The van der Waals surface area contributed by atoms with E-state index < -0.39 is 144 Å². The number of methoxy groups -OCH3 is 2. The molecule has 0 radical (unpaired) electrons. The molecule has 1 saturated heterocycles. The van der Waals surface area contributed by atoms with Crippen molar-refractivity contribution in [3.63, 3.8) is 0 Å². The molecule has 2 unspecified atom stereocenters. The molecular formula is C101H177N16O25+. The van der Waals surface area contributed by atoms with Gasteiger partial charge in [-0.05, 0) is 114 Å². The average Bonchev–Trinajstić information content (AvgIpc) is 1.69. The molecule has 41 heteroatoms. The molecule has 4 rings (SSSR count). The topological polar surface area (TPSA) is 504 Å². The lowest BCUT2D eigenvalue weighted by Gasteiger charge is -2.41. The van der Waals surface area contributed by atoms with Gasteiger partial charge < -0.3 is 134 Å². The molecule has 3 aliphatic rings. The minimum absolute atomic E-state index is 0.0340. The van der Waals surface area contributed by atoms with E-state index in [-0.39, 0.29) is 108 Å². The number of quaternary nitrogens is 1. The first-order valence-electron chi connectivity index (χ1n) is 51.2. The Labute approximate surface area is 843 Å². The van der Waals surface area contributed by atoms with Gasteiger partial charge >= 0.3 is 6.03 Å². The zero-order valence-electron chi connectivity index (χ0n) is 88.3. The van der Waals surface area contributed by atoms with Crippen LogP contribution in [0.3, 0.4) is 0 Å². The van der Waals surface area contributed by atoms with E-state index >= 15 is 4.79 Å². The second kappa shape index (κ2) is 71.6. The number of amides is 13. The Morgan fingerprint density at radius 3 is 1.68 bits per heavy atom. The Bertz CT molecular complexity index is 3950. The summed E-state index contributed by atoms with van der Waals surface area (Å²) in [6.45, 7) is 26.1. The fourth-order valence-corrected chi connectivity index (χ4v) is 16.8. The number of carbonyl (C=O) groups excluding carboxylic acids is 12. The molecule has 1 fully saturated rings. The number of nitrogens with one attached hydrogen (secondary N) is 11. The molecule has 142 heavy (non-hydrogen) atoms. The van der Waals surface area contributed by atoms with Crippen LogP contribution in [0.15, 0.2) is 41.7 Å². The van der Waals surface area contributed by atoms with Crippen LogP contribution in [0, 0.1) is 41.4 Å². The van der Waals surface area contributed by atoms with E-state index in [0.29, 0.717) is 161 Å². The van der Waals surface area contributed by atoms with E-state index in [4.69, 9.17) is 62.7 Å². The van der Waals surface area contributed by atoms with Gasteiger partial charge in [-0.1, -0.05) is 124 Å². The zero-order chi connectivity index (χ0) is 105. The third kappa shape index (κ3) is 49.4. The number of aliphatic hydroxyl groups excluding tert-OH is 1. The van der Waals surface area contributed by atoms with Crippen LogP contribution in [0.5, 0.6) is 0 Å². The van der Waals surface area contributed by atoms with Crippen LogP contribution in [-0.4, -0.2) is 376 Å². The van der Waals surface area contributed by atoms with E-state index in [1.54, 1.807) is 79.5 Å². The molecule has 1 aromatic carbocycles. The summed E-state index contributed by atoms with van der Waals surface area (Å²) in [6, 6.07) is -0.0877. The smallest absolute Gasteiger partial charge is 0.324 e. The summed E-state index contributed by atoms with van der Waals surface area (Å²) >= 11 is 0. The number of ether oxygens (including phenoxy) is 12. The number of hydrogen-bond donors (Lipinski definition) is 13. The van der Waals surface area contributed by atoms with E-state index in [2.05, 4.69) is 91.6 Å². The van der Waals surface area contributed by atoms with Crippen molar-refractivity contribution in [2.75, 3.05) is 208 Å². The summed E-state index contributed by atoms with van der Waals surface area (Å²) in [6.07, 6.45) is 8.13. The number of nitrogens with two attached hydrogens (primary N) is 1. The van der Waals surface area contributed by atoms with Crippen molar-refractivity contribution in [1.82, 2.24) is 73.3 Å². The lowest BCUT2D eigenvalue weighted by Crippen LogP contribution is -2.61. The van der Waals surface area contributed by atoms with E-state index in [9.17, 15) is 57.8 Å². The highest BCUT2D eigenvalue weighted by Crippen LogP contribution is 2.32. The highest BCUT2D eigenvalue weighted by Gasteiger charge is 2.45. The monoisotopic (exact) mass is 2010 g/mol. The van der Waals surface area contributed by atoms with Crippen LogP contribution in [0.25, 0.3) is 0 Å². The van der Waals surface area contributed by atoms with Crippen LogP contribution in [-0.2, 0) is 110 Å². The Morgan fingerprint density at radius 1 is 0.542 bits per heavy atom. The fraction of sp³-hybridized carbons (Fsp3) is 0.782. The van der Waals surface area contributed by atoms with Crippen molar-refractivity contribution in [1.29, 1.82) is 0 Å². The van der Waals surface area contributed by atoms with Gasteiger partial charge in [0.1, 0.15) is 55.6 Å². The molecule has 13 amide bonds. The molecule has 1 aliphatic heterocycles. The normalized spacial score (nSPS) is 18.3. The van der Waals surface area contributed by atoms with Crippen molar-refractivity contribution in [3.05, 3.63) is 47.3 Å². The minimum atomic E-state index is -1.40. The third-order valence-corrected chi connectivity index (χ3v) is 25.2. The third-order valence-electron chi connectivity index (χ3n) is 25.2. The number of hydrogen-bond acceptors (Lipinski definition) is 28. The molecule has 1 heterocycles. The first kappa shape index (κ1) is 125. The van der Waals surface area contributed by atoms with E-state index in [0.717, 1.165) is 73.0 Å². The van der Waals surface area contributed by atoms with Crippen molar-refractivity contribution in [3.8, 4) is 11.8 Å². The molecule has 1 aromatic rings. The van der Waals surface area contributed by atoms with Crippen LogP contribution in [0.1, 0.15) is 210 Å². The number of allylic oxidation sites excluding steroid dienone is 1. The van der Waals surface area contributed by atoms with Crippen LogP contribution < -0.4 is 64.4 Å².